The van der Waals surface area contributed by atoms with Crippen LogP contribution in [0.15, 0.2) is 36.4 Å². The Morgan fingerprint density at radius 1 is 1.19 bits per heavy atom. The first kappa shape index (κ1) is 14.9. The molecule has 0 heterocycles. The lowest BCUT2D eigenvalue weighted by molar-refractivity contribution is -0.0498. The molecular weight excluding hydrogens is 285 g/mol. The van der Waals surface area contributed by atoms with E-state index in [1.807, 2.05) is 0 Å². The predicted octanol–water partition coefficient (Wildman–Crippen LogP) is 4.10. The van der Waals surface area contributed by atoms with Gasteiger partial charge in [0.15, 0.2) is 0 Å². The summed E-state index contributed by atoms with van der Waals surface area (Å²) < 4.78 is 42.7. The molecule has 0 atom stereocenters. The SMILES string of the molecule is Cc1ccc(-c2cc(OC(F)F)cc(C(=O)O)c2)c(F)c1. The van der Waals surface area contributed by atoms with Gasteiger partial charge in [-0.3, -0.25) is 0 Å². The zero-order valence-electron chi connectivity index (χ0n) is 10.9. The van der Waals surface area contributed by atoms with Crippen LogP contribution >= 0.6 is 0 Å². The zero-order valence-corrected chi connectivity index (χ0v) is 10.9. The van der Waals surface area contributed by atoms with Gasteiger partial charge in [0.05, 0.1) is 5.56 Å². The summed E-state index contributed by atoms with van der Waals surface area (Å²) in [7, 11) is 0. The van der Waals surface area contributed by atoms with Gasteiger partial charge in [0.25, 0.3) is 0 Å². The number of ether oxygens (including phenoxy) is 1. The van der Waals surface area contributed by atoms with E-state index in [-0.39, 0.29) is 22.4 Å². The topological polar surface area (TPSA) is 46.5 Å². The van der Waals surface area contributed by atoms with Gasteiger partial charge in [-0.05, 0) is 42.3 Å². The maximum Gasteiger partial charge on any atom is 0.387 e. The smallest absolute Gasteiger partial charge is 0.387 e. The summed E-state index contributed by atoms with van der Waals surface area (Å²) in [6, 6.07) is 7.71. The third kappa shape index (κ3) is 3.53. The number of benzene rings is 2. The number of carbonyl (C=O) groups is 1. The number of hydrogen-bond donors (Lipinski definition) is 1. The molecule has 3 nitrogen and oxygen atoms in total. The fourth-order valence-electron chi connectivity index (χ4n) is 1.90. The molecule has 0 aromatic heterocycles. The molecule has 0 radical (unpaired) electrons. The lowest BCUT2D eigenvalue weighted by atomic mass is 10.0. The minimum Gasteiger partial charge on any atom is -0.478 e. The highest BCUT2D eigenvalue weighted by Crippen LogP contribution is 2.29. The monoisotopic (exact) mass is 296 g/mol. The summed E-state index contributed by atoms with van der Waals surface area (Å²) in [5.41, 5.74) is 0.698. The van der Waals surface area contributed by atoms with Crippen LogP contribution in [-0.2, 0) is 0 Å². The highest BCUT2D eigenvalue weighted by Gasteiger charge is 2.14. The highest BCUT2D eigenvalue weighted by atomic mass is 19.3. The molecule has 0 amide bonds. The summed E-state index contributed by atoms with van der Waals surface area (Å²) in [6.45, 7) is -1.39. The largest absolute Gasteiger partial charge is 0.478 e. The molecule has 0 saturated carbocycles. The molecule has 0 bridgehead atoms. The molecule has 0 fully saturated rings. The summed E-state index contributed by atoms with van der Waals surface area (Å²) in [5, 5.41) is 8.99. The number of carboxylic acids is 1. The van der Waals surface area contributed by atoms with Crippen molar-refractivity contribution in [3.8, 4) is 16.9 Å². The first-order valence-corrected chi connectivity index (χ1v) is 5.96. The average Bonchev–Trinajstić information content (AvgIpc) is 2.37. The number of rotatable bonds is 4. The summed E-state index contributed by atoms with van der Waals surface area (Å²) in [4.78, 5) is 11.0. The molecule has 2 aromatic carbocycles. The highest BCUT2D eigenvalue weighted by molar-refractivity contribution is 5.90. The molecule has 2 aromatic rings. The van der Waals surface area contributed by atoms with Crippen molar-refractivity contribution in [1.29, 1.82) is 0 Å². The average molecular weight is 296 g/mol. The van der Waals surface area contributed by atoms with Gasteiger partial charge in [-0.2, -0.15) is 8.78 Å². The summed E-state index contributed by atoms with van der Waals surface area (Å²) in [5.74, 6) is -2.22. The van der Waals surface area contributed by atoms with E-state index in [0.29, 0.717) is 5.56 Å². The molecule has 0 aliphatic heterocycles. The number of halogens is 3. The number of alkyl halides is 2. The van der Waals surface area contributed by atoms with Crippen molar-refractivity contribution < 1.29 is 27.8 Å². The molecule has 2 rings (SSSR count). The molecule has 1 N–H and O–H groups in total. The molecule has 21 heavy (non-hydrogen) atoms. The number of aromatic carboxylic acids is 1. The Bertz CT molecular complexity index is 684. The minimum atomic E-state index is -3.09. The Balaban J connectivity index is 2.56. The lowest BCUT2D eigenvalue weighted by Crippen LogP contribution is -2.04. The second-order valence-corrected chi connectivity index (χ2v) is 4.41. The van der Waals surface area contributed by atoms with Crippen LogP contribution < -0.4 is 4.74 Å². The van der Waals surface area contributed by atoms with Gasteiger partial charge in [-0.15, -0.1) is 0 Å². The number of aryl methyl sites for hydroxylation is 1. The fourth-order valence-corrected chi connectivity index (χ4v) is 1.90. The Morgan fingerprint density at radius 2 is 1.90 bits per heavy atom. The number of carboxylic acid groups (broad SMARTS) is 1. The van der Waals surface area contributed by atoms with Crippen LogP contribution in [0.1, 0.15) is 15.9 Å². The molecule has 110 valence electrons. The van der Waals surface area contributed by atoms with Crippen molar-refractivity contribution >= 4 is 5.97 Å². The van der Waals surface area contributed by atoms with E-state index in [9.17, 15) is 18.0 Å². The van der Waals surface area contributed by atoms with Gasteiger partial charge in [-0.25, -0.2) is 9.18 Å². The quantitative estimate of drug-likeness (QED) is 0.924. The van der Waals surface area contributed by atoms with Gasteiger partial charge in [0.2, 0.25) is 0 Å². The van der Waals surface area contributed by atoms with Gasteiger partial charge >= 0.3 is 12.6 Å². The van der Waals surface area contributed by atoms with Crippen molar-refractivity contribution in [3.05, 3.63) is 53.3 Å². The van der Waals surface area contributed by atoms with Crippen LogP contribution in [0.3, 0.4) is 0 Å². The van der Waals surface area contributed by atoms with Gasteiger partial charge in [-0.1, -0.05) is 12.1 Å². The second-order valence-electron chi connectivity index (χ2n) is 4.41. The fraction of sp³-hybridized carbons (Fsp3) is 0.133. The van der Waals surface area contributed by atoms with Gasteiger partial charge < -0.3 is 9.84 Å². The third-order valence-electron chi connectivity index (χ3n) is 2.81. The molecule has 0 aliphatic carbocycles. The Hall–Kier alpha value is -2.50. The van der Waals surface area contributed by atoms with Crippen molar-refractivity contribution in [2.24, 2.45) is 0 Å². The molecule has 0 aliphatic rings. The second kappa shape index (κ2) is 5.87. The van der Waals surface area contributed by atoms with Crippen molar-refractivity contribution in [1.82, 2.24) is 0 Å². The Labute approximate surface area is 118 Å². The van der Waals surface area contributed by atoms with E-state index in [2.05, 4.69) is 4.74 Å². The Kier molecular flexibility index (Phi) is 4.16. The maximum absolute atomic E-state index is 13.9. The first-order chi connectivity index (χ1) is 9.86. The lowest BCUT2D eigenvalue weighted by Gasteiger charge is -2.10. The molecular formula is C15H11F3O3. The third-order valence-corrected chi connectivity index (χ3v) is 2.81. The van der Waals surface area contributed by atoms with Crippen molar-refractivity contribution in [2.75, 3.05) is 0 Å². The van der Waals surface area contributed by atoms with Crippen LogP contribution in [-0.4, -0.2) is 17.7 Å². The zero-order chi connectivity index (χ0) is 15.6. The van der Waals surface area contributed by atoms with E-state index >= 15 is 0 Å². The summed E-state index contributed by atoms with van der Waals surface area (Å²) >= 11 is 0. The standard InChI is InChI=1S/C15H11F3O3/c1-8-2-3-12(13(16)4-8)9-5-10(14(19)20)7-11(6-9)21-15(17)18/h2-7,15H,1H3,(H,19,20). The van der Waals surface area contributed by atoms with Gasteiger partial charge in [0.1, 0.15) is 11.6 Å². The molecule has 0 spiro atoms. The summed E-state index contributed by atoms with van der Waals surface area (Å²) in [6.07, 6.45) is 0. The van der Waals surface area contributed by atoms with E-state index in [4.69, 9.17) is 5.11 Å². The van der Waals surface area contributed by atoms with Crippen LogP contribution in [0, 0.1) is 12.7 Å². The van der Waals surface area contributed by atoms with E-state index < -0.39 is 18.4 Å². The maximum atomic E-state index is 13.9. The van der Waals surface area contributed by atoms with E-state index in [0.717, 1.165) is 6.07 Å². The van der Waals surface area contributed by atoms with Crippen LogP contribution in [0.5, 0.6) is 5.75 Å². The van der Waals surface area contributed by atoms with E-state index in [1.54, 1.807) is 13.0 Å². The number of hydrogen-bond acceptors (Lipinski definition) is 2. The molecule has 6 heteroatoms. The van der Waals surface area contributed by atoms with E-state index in [1.165, 1.54) is 24.3 Å². The van der Waals surface area contributed by atoms with Gasteiger partial charge in [0, 0.05) is 5.56 Å². The predicted molar refractivity (Wildman–Crippen MR) is 70.2 cm³/mol. The molecule has 0 saturated heterocycles. The normalized spacial score (nSPS) is 10.7. The van der Waals surface area contributed by atoms with Crippen LogP contribution in [0.25, 0.3) is 11.1 Å². The van der Waals surface area contributed by atoms with Crippen LogP contribution in [0.4, 0.5) is 13.2 Å². The first-order valence-electron chi connectivity index (χ1n) is 5.96. The van der Waals surface area contributed by atoms with Crippen LogP contribution in [0.2, 0.25) is 0 Å². The Morgan fingerprint density at radius 3 is 2.48 bits per heavy atom. The molecule has 0 unspecified atom stereocenters. The van der Waals surface area contributed by atoms with Crippen molar-refractivity contribution in [2.45, 2.75) is 13.5 Å². The minimum absolute atomic E-state index is 0.114. The van der Waals surface area contributed by atoms with Crippen molar-refractivity contribution in [3.63, 3.8) is 0 Å².